The first-order valence-corrected chi connectivity index (χ1v) is 18.5. The topological polar surface area (TPSA) is 122 Å². The Balaban J connectivity index is 1.73. The zero-order valence-electron chi connectivity index (χ0n) is 26.9. The van der Waals surface area contributed by atoms with Crippen LogP contribution in [0.1, 0.15) is 91.0 Å². The van der Waals surface area contributed by atoms with Crippen molar-refractivity contribution in [2.75, 3.05) is 11.1 Å². The van der Waals surface area contributed by atoms with Crippen LogP contribution in [-0.4, -0.2) is 59.6 Å². The molecule has 0 aliphatic carbocycles. The highest BCUT2D eigenvalue weighted by Gasteiger charge is 2.55. The Kier molecular flexibility index (Phi) is 11.5. The van der Waals surface area contributed by atoms with Gasteiger partial charge in [0.1, 0.15) is 5.25 Å². The highest BCUT2D eigenvalue weighted by molar-refractivity contribution is 7.99. The number of nitrogens with zero attached hydrogens (tertiary/aromatic N) is 2. The molecule has 0 aromatic heterocycles. The van der Waals surface area contributed by atoms with Gasteiger partial charge in [0, 0.05) is 4.90 Å². The molecule has 0 saturated carbocycles. The first kappa shape index (κ1) is 34.7. The molecule has 2 heterocycles. The zero-order chi connectivity index (χ0) is 32.8. The molecule has 2 aliphatic rings. The molecule has 244 valence electrons. The predicted molar refractivity (Wildman–Crippen MR) is 179 cm³/mol. The number of hydrogen-bond donors (Lipinski definition) is 1. The SMILES string of the molecule is CCCCCCCCSc1ccc(C)cc1NC(=O)C(C1=Nc2ccccc2S(=O)(=O)C1CCCC)N1C(=O)OC(C)(C)C1=O. The zero-order valence-corrected chi connectivity index (χ0v) is 28.6. The maximum Gasteiger partial charge on any atom is 0.418 e. The molecule has 0 radical (unpaired) electrons. The van der Waals surface area contributed by atoms with Gasteiger partial charge in [0.15, 0.2) is 21.5 Å². The number of fused-ring (bicyclic) bond motifs is 1. The van der Waals surface area contributed by atoms with Gasteiger partial charge in [-0.15, -0.1) is 11.8 Å². The van der Waals surface area contributed by atoms with E-state index < -0.39 is 44.6 Å². The van der Waals surface area contributed by atoms with Crippen LogP contribution < -0.4 is 5.32 Å². The minimum absolute atomic E-state index is 0.0587. The Morgan fingerprint density at radius 1 is 1.02 bits per heavy atom. The van der Waals surface area contributed by atoms with Gasteiger partial charge in [-0.2, -0.15) is 0 Å². The monoisotopic (exact) mass is 655 g/mol. The van der Waals surface area contributed by atoms with E-state index in [9.17, 15) is 22.8 Å². The molecule has 1 saturated heterocycles. The van der Waals surface area contributed by atoms with Crippen molar-refractivity contribution >= 4 is 56.6 Å². The average molecular weight is 656 g/mol. The molecule has 0 bridgehead atoms. The number of amides is 3. The van der Waals surface area contributed by atoms with Gasteiger partial charge in [-0.3, -0.25) is 14.6 Å². The van der Waals surface area contributed by atoms with Crippen molar-refractivity contribution in [2.45, 2.75) is 119 Å². The first-order valence-electron chi connectivity index (χ1n) is 15.9. The maximum absolute atomic E-state index is 14.4. The fourth-order valence-corrected chi connectivity index (χ4v) is 8.62. The Hall–Kier alpha value is -3.18. The second-order valence-electron chi connectivity index (χ2n) is 12.2. The number of aliphatic imine (C=N–C) groups is 1. The lowest BCUT2D eigenvalue weighted by Crippen LogP contribution is -2.57. The molecule has 0 spiro atoms. The number of aryl methyl sites for hydroxylation is 1. The number of unbranched alkanes of at least 4 members (excludes halogenated alkanes) is 6. The highest BCUT2D eigenvalue weighted by Crippen LogP contribution is 2.38. The van der Waals surface area contributed by atoms with Crippen molar-refractivity contribution < 1.29 is 27.5 Å². The number of thioether (sulfide) groups is 1. The lowest BCUT2D eigenvalue weighted by atomic mass is 9.99. The third-order valence-electron chi connectivity index (χ3n) is 8.15. The van der Waals surface area contributed by atoms with Crippen molar-refractivity contribution in [3.63, 3.8) is 0 Å². The molecule has 2 atom stereocenters. The van der Waals surface area contributed by atoms with E-state index in [4.69, 9.17) is 9.73 Å². The summed E-state index contributed by atoms with van der Waals surface area (Å²) < 4.78 is 33.4. The summed E-state index contributed by atoms with van der Waals surface area (Å²) in [7, 11) is -3.99. The summed E-state index contributed by atoms with van der Waals surface area (Å²) in [6.07, 6.45) is 7.44. The van der Waals surface area contributed by atoms with Gasteiger partial charge in [-0.1, -0.05) is 77.0 Å². The Morgan fingerprint density at radius 3 is 2.40 bits per heavy atom. The van der Waals surface area contributed by atoms with Crippen LogP contribution in [0.3, 0.4) is 0 Å². The van der Waals surface area contributed by atoms with E-state index in [0.29, 0.717) is 18.5 Å². The third kappa shape index (κ3) is 7.80. The number of hydrogen-bond acceptors (Lipinski definition) is 8. The van der Waals surface area contributed by atoms with E-state index in [2.05, 4.69) is 12.2 Å². The van der Waals surface area contributed by atoms with Gasteiger partial charge in [0.2, 0.25) is 0 Å². The van der Waals surface area contributed by atoms with Crippen LogP contribution in [0.2, 0.25) is 0 Å². The summed E-state index contributed by atoms with van der Waals surface area (Å²) in [6.45, 7) is 8.94. The van der Waals surface area contributed by atoms with Crippen LogP contribution in [0.4, 0.5) is 16.2 Å². The molecule has 11 heteroatoms. The number of carbonyl (C=O) groups is 3. The fraction of sp³-hybridized carbons (Fsp3) is 0.529. The second-order valence-corrected chi connectivity index (χ2v) is 15.5. The number of rotatable bonds is 15. The molecular formula is C34H45N3O6S2. The minimum atomic E-state index is -3.99. The number of imide groups is 1. The summed E-state index contributed by atoms with van der Waals surface area (Å²) >= 11 is 1.63. The van der Waals surface area contributed by atoms with Crippen LogP contribution in [0.15, 0.2) is 57.2 Å². The van der Waals surface area contributed by atoms with Crippen LogP contribution >= 0.6 is 11.8 Å². The van der Waals surface area contributed by atoms with Crippen LogP contribution in [0.25, 0.3) is 0 Å². The van der Waals surface area contributed by atoms with E-state index in [1.54, 1.807) is 30.0 Å². The van der Waals surface area contributed by atoms with E-state index in [0.717, 1.165) is 34.0 Å². The lowest BCUT2D eigenvalue weighted by Gasteiger charge is -2.32. The molecular weight excluding hydrogens is 611 g/mol. The van der Waals surface area contributed by atoms with E-state index in [1.165, 1.54) is 45.6 Å². The van der Waals surface area contributed by atoms with Gasteiger partial charge < -0.3 is 10.1 Å². The fourth-order valence-electron chi connectivity index (χ4n) is 5.67. The largest absolute Gasteiger partial charge is 0.433 e. The first-order chi connectivity index (χ1) is 21.4. The number of anilines is 1. The van der Waals surface area contributed by atoms with Gasteiger partial charge in [0.05, 0.1) is 22.0 Å². The molecule has 2 aliphatic heterocycles. The Morgan fingerprint density at radius 2 is 1.71 bits per heavy atom. The number of benzene rings is 2. The van der Waals surface area contributed by atoms with Crippen molar-refractivity contribution in [1.82, 2.24) is 4.90 Å². The maximum atomic E-state index is 14.4. The van der Waals surface area contributed by atoms with Crippen LogP contribution in [0, 0.1) is 6.92 Å². The summed E-state index contributed by atoms with van der Waals surface area (Å²) in [5, 5.41) is 1.75. The number of ether oxygens (including phenoxy) is 1. The highest BCUT2D eigenvalue weighted by atomic mass is 32.2. The smallest absolute Gasteiger partial charge is 0.418 e. The van der Waals surface area contributed by atoms with E-state index in [1.807, 2.05) is 32.0 Å². The molecule has 2 unspecified atom stereocenters. The Labute approximate surface area is 271 Å². The summed E-state index contributed by atoms with van der Waals surface area (Å²) in [5.41, 5.74) is 0.0303. The second kappa shape index (κ2) is 14.9. The molecule has 3 amide bonds. The quantitative estimate of drug-likeness (QED) is 0.155. The number of sulfone groups is 1. The van der Waals surface area contributed by atoms with Crippen LogP contribution in [-0.2, 0) is 24.2 Å². The molecule has 9 nitrogen and oxygen atoms in total. The molecule has 2 aromatic rings. The number of cyclic esters (lactones) is 1. The standard InChI is InChI=1S/C34H45N3O6S2/c1-6-8-10-11-12-15-21-44-26-20-19-23(3)22-25(26)36-31(38)30(37-32(39)34(4,5)43-33(37)40)29-28(17-9-7-2)45(41,42)27-18-14-13-16-24(27)35-29/h13-14,16,18-20,22,28,30H,6-12,15,17,21H2,1-5H3,(H,36,38). The average Bonchev–Trinajstić information content (AvgIpc) is 3.19. The van der Waals surface area contributed by atoms with Crippen LogP contribution in [0.5, 0.6) is 0 Å². The summed E-state index contributed by atoms with van der Waals surface area (Å²) in [5.74, 6) is -0.587. The summed E-state index contributed by atoms with van der Waals surface area (Å²) in [6, 6.07) is 10.5. The van der Waals surface area contributed by atoms with Gasteiger partial charge >= 0.3 is 6.09 Å². The van der Waals surface area contributed by atoms with Crippen molar-refractivity contribution in [3.8, 4) is 0 Å². The molecule has 4 rings (SSSR count). The summed E-state index contributed by atoms with van der Waals surface area (Å²) in [4.78, 5) is 47.6. The van der Waals surface area contributed by atoms with Crippen molar-refractivity contribution in [1.29, 1.82) is 0 Å². The molecule has 1 fully saturated rings. The van der Waals surface area contributed by atoms with Crippen molar-refractivity contribution in [3.05, 3.63) is 48.0 Å². The number of nitrogens with one attached hydrogen (secondary N) is 1. The van der Waals surface area contributed by atoms with Gasteiger partial charge in [-0.05, 0) is 69.2 Å². The van der Waals surface area contributed by atoms with E-state index >= 15 is 0 Å². The Bertz CT molecular complexity index is 1550. The third-order valence-corrected chi connectivity index (χ3v) is 11.5. The van der Waals surface area contributed by atoms with Gasteiger partial charge in [0.25, 0.3) is 11.8 Å². The van der Waals surface area contributed by atoms with E-state index in [-0.39, 0.29) is 22.7 Å². The number of carbonyl (C=O) groups excluding carboxylic acids is 3. The number of para-hydroxylation sites is 1. The lowest BCUT2D eigenvalue weighted by molar-refractivity contribution is -0.137. The predicted octanol–water partition coefficient (Wildman–Crippen LogP) is 7.63. The molecule has 2 aromatic carbocycles. The minimum Gasteiger partial charge on any atom is -0.433 e. The van der Waals surface area contributed by atoms with Crippen molar-refractivity contribution in [2.24, 2.45) is 4.99 Å². The normalized spacial score (nSPS) is 19.1. The molecule has 45 heavy (non-hydrogen) atoms. The van der Waals surface area contributed by atoms with Gasteiger partial charge in [-0.25, -0.2) is 18.1 Å². The molecule has 1 N–H and O–H groups in total.